The van der Waals surface area contributed by atoms with E-state index in [1.54, 1.807) is 54.1 Å². The predicted molar refractivity (Wildman–Crippen MR) is 116 cm³/mol. The molecule has 0 bridgehead atoms. The Bertz CT molecular complexity index is 1200. The number of benzene rings is 1. The number of amides is 2. The summed E-state index contributed by atoms with van der Waals surface area (Å²) in [6.07, 6.45) is 0.469. The number of hydrogen-bond acceptors (Lipinski definition) is 6. The van der Waals surface area contributed by atoms with Crippen LogP contribution in [-0.2, 0) is 9.84 Å². The van der Waals surface area contributed by atoms with E-state index in [1.807, 2.05) is 5.38 Å². The minimum atomic E-state index is -3.08. The molecule has 2 amide bonds. The molecule has 2 N–H and O–H groups in total. The zero-order chi connectivity index (χ0) is 21.3. The van der Waals surface area contributed by atoms with Crippen molar-refractivity contribution in [1.82, 2.24) is 9.78 Å². The van der Waals surface area contributed by atoms with Gasteiger partial charge in [0.25, 0.3) is 11.8 Å². The lowest BCUT2D eigenvalue weighted by Gasteiger charge is -2.14. The van der Waals surface area contributed by atoms with Crippen LogP contribution in [-0.4, -0.2) is 41.5 Å². The lowest BCUT2D eigenvalue weighted by atomic mass is 10.2. The molecule has 1 aromatic carbocycles. The fourth-order valence-electron chi connectivity index (χ4n) is 3.38. The second-order valence-corrected chi connectivity index (χ2v) is 10.3. The Morgan fingerprint density at radius 1 is 1.13 bits per heavy atom. The molecule has 0 saturated carbocycles. The third-order valence-corrected chi connectivity index (χ3v) is 7.40. The Kier molecular flexibility index (Phi) is 5.44. The van der Waals surface area contributed by atoms with Gasteiger partial charge < -0.3 is 10.6 Å². The van der Waals surface area contributed by atoms with E-state index < -0.39 is 9.84 Å². The van der Waals surface area contributed by atoms with Crippen LogP contribution in [0.15, 0.2) is 47.8 Å². The lowest BCUT2D eigenvalue weighted by Crippen LogP contribution is -2.20. The maximum absolute atomic E-state index is 12.8. The quantitative estimate of drug-likeness (QED) is 0.628. The van der Waals surface area contributed by atoms with Crippen molar-refractivity contribution in [1.29, 1.82) is 0 Å². The number of nitrogens with one attached hydrogen (secondary N) is 2. The summed E-state index contributed by atoms with van der Waals surface area (Å²) in [7, 11) is -3.08. The molecule has 1 aliphatic rings. The van der Waals surface area contributed by atoms with Crippen molar-refractivity contribution in [3.63, 3.8) is 0 Å². The van der Waals surface area contributed by atoms with Crippen molar-refractivity contribution < 1.29 is 18.0 Å². The zero-order valence-electron chi connectivity index (χ0n) is 16.2. The van der Waals surface area contributed by atoms with Crippen molar-refractivity contribution in [3.8, 4) is 0 Å². The molecule has 0 radical (unpaired) electrons. The molecule has 1 saturated heterocycles. The number of rotatable bonds is 5. The van der Waals surface area contributed by atoms with Crippen LogP contribution in [0.5, 0.6) is 0 Å². The minimum absolute atomic E-state index is 0.0151. The number of hydrogen-bond donors (Lipinski definition) is 2. The second-order valence-electron chi connectivity index (χ2n) is 7.14. The summed E-state index contributed by atoms with van der Waals surface area (Å²) in [5, 5.41) is 11.8. The lowest BCUT2D eigenvalue weighted by molar-refractivity contribution is 0.101. The molecule has 1 fully saturated rings. The number of aromatic nitrogens is 2. The number of aryl methyl sites for hydroxylation is 1. The molecule has 0 aliphatic carbocycles. The molecular weight excluding hydrogens is 424 g/mol. The van der Waals surface area contributed by atoms with Gasteiger partial charge in [-0.15, -0.1) is 11.3 Å². The van der Waals surface area contributed by atoms with Gasteiger partial charge in [0.05, 0.1) is 28.1 Å². The number of carbonyl (C=O) groups excluding carboxylic acids is 2. The molecule has 1 aliphatic heterocycles. The van der Waals surface area contributed by atoms with Crippen molar-refractivity contribution in [2.24, 2.45) is 0 Å². The summed E-state index contributed by atoms with van der Waals surface area (Å²) in [6.45, 7) is 1.79. The van der Waals surface area contributed by atoms with Gasteiger partial charge in [0, 0.05) is 17.3 Å². The average molecular weight is 445 g/mol. The van der Waals surface area contributed by atoms with Gasteiger partial charge in [-0.2, -0.15) is 5.10 Å². The smallest absolute Gasteiger partial charge is 0.265 e. The SMILES string of the molecule is Cc1cc(NC(=O)c2cccc(NC(=O)c3cccs3)c2)n(C2CCS(=O)(=O)C2)n1. The number of carbonyl (C=O) groups is 2. The summed E-state index contributed by atoms with van der Waals surface area (Å²) in [5.74, 6) is -0.0208. The van der Waals surface area contributed by atoms with E-state index >= 15 is 0 Å². The van der Waals surface area contributed by atoms with Gasteiger partial charge in [-0.1, -0.05) is 12.1 Å². The van der Waals surface area contributed by atoms with Gasteiger partial charge in [0.15, 0.2) is 9.84 Å². The highest BCUT2D eigenvalue weighted by molar-refractivity contribution is 7.91. The monoisotopic (exact) mass is 444 g/mol. The van der Waals surface area contributed by atoms with E-state index in [0.717, 1.165) is 0 Å². The van der Waals surface area contributed by atoms with Crippen LogP contribution < -0.4 is 10.6 Å². The van der Waals surface area contributed by atoms with Crippen molar-refractivity contribution in [2.75, 3.05) is 22.1 Å². The number of anilines is 2. The van der Waals surface area contributed by atoms with Crippen LogP contribution in [0.3, 0.4) is 0 Å². The zero-order valence-corrected chi connectivity index (χ0v) is 17.8. The van der Waals surface area contributed by atoms with Crippen LogP contribution in [0.25, 0.3) is 0 Å². The molecule has 2 aromatic heterocycles. The Morgan fingerprint density at radius 2 is 1.97 bits per heavy atom. The molecule has 3 heterocycles. The summed E-state index contributed by atoms with van der Waals surface area (Å²) < 4.78 is 25.2. The Hall–Kier alpha value is -2.98. The molecule has 30 heavy (non-hydrogen) atoms. The highest BCUT2D eigenvalue weighted by atomic mass is 32.2. The van der Waals surface area contributed by atoms with E-state index in [9.17, 15) is 18.0 Å². The first-order valence-corrected chi connectivity index (χ1v) is 12.0. The standard InChI is InChI=1S/C20H20N4O4S2/c1-13-10-18(24(23-13)16-7-9-30(27,28)12-16)22-19(25)14-4-2-5-15(11-14)21-20(26)17-6-3-8-29-17/h2-6,8,10-11,16H,7,9,12H2,1H3,(H,21,26)(H,22,25). The maximum atomic E-state index is 12.8. The molecule has 156 valence electrons. The minimum Gasteiger partial charge on any atom is -0.321 e. The summed E-state index contributed by atoms with van der Waals surface area (Å²) in [4.78, 5) is 25.6. The van der Waals surface area contributed by atoms with Crippen LogP contribution in [0.1, 0.15) is 38.2 Å². The molecule has 10 heteroatoms. The van der Waals surface area contributed by atoms with Gasteiger partial charge in [0.1, 0.15) is 5.82 Å². The molecule has 8 nitrogen and oxygen atoms in total. The van der Waals surface area contributed by atoms with Gasteiger partial charge in [0.2, 0.25) is 0 Å². The average Bonchev–Trinajstić information content (AvgIpc) is 3.42. The second kappa shape index (κ2) is 8.04. The van der Waals surface area contributed by atoms with Crippen LogP contribution in [0.2, 0.25) is 0 Å². The van der Waals surface area contributed by atoms with Crippen molar-refractivity contribution in [3.05, 3.63) is 64.0 Å². The number of sulfone groups is 1. The van der Waals surface area contributed by atoms with Gasteiger partial charge in [-0.05, 0) is 43.0 Å². The molecular formula is C20H20N4O4S2. The number of nitrogens with zero attached hydrogens (tertiary/aromatic N) is 2. The third-order valence-electron chi connectivity index (χ3n) is 4.78. The highest BCUT2D eigenvalue weighted by Gasteiger charge is 2.31. The van der Waals surface area contributed by atoms with Crippen molar-refractivity contribution in [2.45, 2.75) is 19.4 Å². The predicted octanol–water partition coefficient (Wildman–Crippen LogP) is 3.12. The van der Waals surface area contributed by atoms with Crippen LogP contribution >= 0.6 is 11.3 Å². The van der Waals surface area contributed by atoms with Crippen LogP contribution in [0.4, 0.5) is 11.5 Å². The molecule has 0 spiro atoms. The largest absolute Gasteiger partial charge is 0.321 e. The molecule has 3 aromatic rings. The van der Waals surface area contributed by atoms with Gasteiger partial charge in [-0.25, -0.2) is 13.1 Å². The third kappa shape index (κ3) is 4.44. The molecule has 4 rings (SSSR count). The van der Waals surface area contributed by atoms with E-state index in [4.69, 9.17) is 0 Å². The Morgan fingerprint density at radius 3 is 2.67 bits per heavy atom. The normalized spacial score (nSPS) is 17.6. The van der Waals surface area contributed by atoms with E-state index in [2.05, 4.69) is 15.7 Å². The first-order chi connectivity index (χ1) is 14.3. The number of thiophene rings is 1. The molecule has 1 unspecified atom stereocenters. The Balaban J connectivity index is 1.50. The Labute approximate surface area is 177 Å². The fourth-order valence-corrected chi connectivity index (χ4v) is 5.69. The van der Waals surface area contributed by atoms with Crippen molar-refractivity contribution >= 4 is 44.5 Å². The maximum Gasteiger partial charge on any atom is 0.265 e. The van der Waals surface area contributed by atoms with E-state index in [-0.39, 0.29) is 29.4 Å². The van der Waals surface area contributed by atoms with E-state index in [0.29, 0.717) is 34.1 Å². The topological polar surface area (TPSA) is 110 Å². The first kappa shape index (κ1) is 20.3. The summed E-state index contributed by atoms with van der Waals surface area (Å²) in [6, 6.07) is 11.6. The van der Waals surface area contributed by atoms with Gasteiger partial charge >= 0.3 is 0 Å². The van der Waals surface area contributed by atoms with Crippen LogP contribution in [0, 0.1) is 6.92 Å². The summed E-state index contributed by atoms with van der Waals surface area (Å²) >= 11 is 1.33. The fraction of sp³-hybridized carbons (Fsp3) is 0.250. The first-order valence-electron chi connectivity index (χ1n) is 9.33. The highest BCUT2D eigenvalue weighted by Crippen LogP contribution is 2.27. The van der Waals surface area contributed by atoms with Gasteiger partial charge in [-0.3, -0.25) is 9.59 Å². The summed E-state index contributed by atoms with van der Waals surface area (Å²) in [5.41, 5.74) is 1.56. The van der Waals surface area contributed by atoms with E-state index in [1.165, 1.54) is 11.3 Å². The molecule has 1 atom stereocenters.